The minimum atomic E-state index is -0.0485. The monoisotopic (exact) mass is 446 g/mol. The van der Waals surface area contributed by atoms with Crippen LogP contribution in [0.3, 0.4) is 0 Å². The fraction of sp³-hybridized carbons (Fsp3) is 0.625. The molecule has 0 spiro atoms. The van der Waals surface area contributed by atoms with Crippen LogP contribution in [-0.4, -0.2) is 0 Å². The van der Waals surface area contributed by atoms with Crippen molar-refractivity contribution in [3.05, 3.63) is 70.5 Å². The Morgan fingerprint density at radius 2 is 0.939 bits per heavy atom. The third-order valence-electron chi connectivity index (χ3n) is 9.77. The molecule has 33 heavy (non-hydrogen) atoms. The van der Waals surface area contributed by atoms with Gasteiger partial charge in [0.25, 0.3) is 0 Å². The molecule has 0 N–H and O–H groups in total. The Labute approximate surface area is 201 Å². The van der Waals surface area contributed by atoms with E-state index in [-0.39, 0.29) is 5.82 Å². The normalized spacial score (nSPS) is 33.1. The second-order valence-electron chi connectivity index (χ2n) is 11.9. The van der Waals surface area contributed by atoms with Crippen molar-refractivity contribution < 1.29 is 4.39 Å². The van der Waals surface area contributed by atoms with E-state index in [2.05, 4.69) is 37.3 Å². The van der Waals surface area contributed by atoms with E-state index in [1.54, 1.807) is 11.6 Å². The van der Waals surface area contributed by atoms with Crippen LogP contribution in [0.15, 0.2) is 42.5 Å². The molecule has 0 bridgehead atoms. The summed E-state index contributed by atoms with van der Waals surface area (Å²) in [5.74, 6) is 4.93. The summed E-state index contributed by atoms with van der Waals surface area (Å²) in [6.07, 6.45) is 16.4. The SMILES string of the molecule is Cc1ccc(C2CCC(c3ccc(C4CCC(C5CCC(C)CC5)CC4)cc3)CC2)cc1F. The van der Waals surface area contributed by atoms with Gasteiger partial charge < -0.3 is 0 Å². The summed E-state index contributed by atoms with van der Waals surface area (Å²) in [6, 6.07) is 15.6. The number of hydrogen-bond acceptors (Lipinski definition) is 0. The molecule has 0 nitrogen and oxygen atoms in total. The average Bonchev–Trinajstić information content (AvgIpc) is 2.87. The van der Waals surface area contributed by atoms with Crippen LogP contribution >= 0.6 is 0 Å². The lowest BCUT2D eigenvalue weighted by Crippen LogP contribution is -2.24. The molecular formula is C32H43F. The van der Waals surface area contributed by atoms with E-state index in [0.717, 1.165) is 29.2 Å². The van der Waals surface area contributed by atoms with Crippen molar-refractivity contribution in [3.63, 3.8) is 0 Å². The Morgan fingerprint density at radius 1 is 0.545 bits per heavy atom. The highest BCUT2D eigenvalue weighted by atomic mass is 19.1. The van der Waals surface area contributed by atoms with Gasteiger partial charge in [-0.1, -0.05) is 56.2 Å². The Morgan fingerprint density at radius 3 is 1.42 bits per heavy atom. The first-order chi connectivity index (χ1) is 16.1. The van der Waals surface area contributed by atoms with Crippen molar-refractivity contribution in [2.24, 2.45) is 17.8 Å². The Bertz CT molecular complexity index is 889. The average molecular weight is 447 g/mol. The van der Waals surface area contributed by atoms with Gasteiger partial charge in [0.2, 0.25) is 0 Å². The van der Waals surface area contributed by atoms with Crippen LogP contribution in [0.1, 0.15) is 124 Å². The molecule has 3 saturated carbocycles. The van der Waals surface area contributed by atoms with Gasteiger partial charge in [0.1, 0.15) is 5.82 Å². The molecule has 5 rings (SSSR count). The van der Waals surface area contributed by atoms with Crippen molar-refractivity contribution in [2.75, 3.05) is 0 Å². The molecule has 0 heterocycles. The van der Waals surface area contributed by atoms with Crippen molar-refractivity contribution in [1.82, 2.24) is 0 Å². The Kier molecular flexibility index (Phi) is 7.24. The molecule has 0 saturated heterocycles. The first-order valence-electron chi connectivity index (χ1n) is 13.9. The van der Waals surface area contributed by atoms with Crippen LogP contribution in [0.2, 0.25) is 0 Å². The largest absolute Gasteiger partial charge is 0.207 e. The minimum Gasteiger partial charge on any atom is -0.207 e. The molecule has 3 fully saturated rings. The lowest BCUT2D eigenvalue weighted by atomic mass is 9.68. The van der Waals surface area contributed by atoms with Crippen molar-refractivity contribution in [3.8, 4) is 0 Å². The summed E-state index contributed by atoms with van der Waals surface area (Å²) in [7, 11) is 0. The van der Waals surface area contributed by atoms with Gasteiger partial charge in [0.05, 0.1) is 0 Å². The number of benzene rings is 2. The smallest absolute Gasteiger partial charge is 0.126 e. The number of halogens is 1. The molecule has 0 atom stereocenters. The van der Waals surface area contributed by atoms with Crippen molar-refractivity contribution in [1.29, 1.82) is 0 Å². The quantitative estimate of drug-likeness (QED) is 0.438. The predicted molar refractivity (Wildman–Crippen MR) is 137 cm³/mol. The minimum absolute atomic E-state index is 0.0485. The van der Waals surface area contributed by atoms with Gasteiger partial charge in [-0.2, -0.15) is 0 Å². The summed E-state index contributed by atoms with van der Waals surface area (Å²) in [5.41, 5.74) is 5.06. The van der Waals surface area contributed by atoms with E-state index in [4.69, 9.17) is 0 Å². The van der Waals surface area contributed by atoms with Crippen molar-refractivity contribution in [2.45, 2.75) is 109 Å². The first kappa shape index (κ1) is 23.1. The van der Waals surface area contributed by atoms with E-state index < -0.39 is 0 Å². The maximum atomic E-state index is 14.0. The summed E-state index contributed by atoms with van der Waals surface area (Å²) >= 11 is 0. The standard InChI is InChI=1S/C32H43F/c1-22-3-6-24(7-4-22)25-9-11-26(12-10-25)27-13-15-28(16-14-27)29-17-19-30(20-18-29)31-8-5-23(2)32(33)21-31/h5,8,13-16,21-22,24-26,29-30H,3-4,6-7,9-12,17-20H2,1-2H3. The van der Waals surface area contributed by atoms with Gasteiger partial charge in [-0.15, -0.1) is 0 Å². The fourth-order valence-corrected chi connectivity index (χ4v) is 7.34. The molecule has 0 aromatic heterocycles. The Hall–Kier alpha value is -1.63. The van der Waals surface area contributed by atoms with Gasteiger partial charge >= 0.3 is 0 Å². The first-order valence-corrected chi connectivity index (χ1v) is 13.9. The molecule has 1 heteroatoms. The molecule has 0 unspecified atom stereocenters. The van der Waals surface area contributed by atoms with Gasteiger partial charge in [-0.25, -0.2) is 4.39 Å². The highest BCUT2D eigenvalue weighted by Gasteiger charge is 2.30. The zero-order chi connectivity index (χ0) is 22.8. The zero-order valence-corrected chi connectivity index (χ0v) is 20.9. The summed E-state index contributed by atoms with van der Waals surface area (Å²) in [6.45, 7) is 4.29. The van der Waals surface area contributed by atoms with E-state index in [1.807, 2.05) is 13.0 Å². The summed E-state index contributed by atoms with van der Waals surface area (Å²) in [5, 5.41) is 0. The Balaban J connectivity index is 1.12. The maximum absolute atomic E-state index is 14.0. The van der Waals surface area contributed by atoms with Crippen LogP contribution in [-0.2, 0) is 0 Å². The molecule has 3 aliphatic carbocycles. The van der Waals surface area contributed by atoms with Gasteiger partial charge in [0.15, 0.2) is 0 Å². The second-order valence-corrected chi connectivity index (χ2v) is 11.9. The third-order valence-corrected chi connectivity index (χ3v) is 9.77. The summed E-state index contributed by atoms with van der Waals surface area (Å²) < 4.78 is 14.0. The highest BCUT2D eigenvalue weighted by Crippen LogP contribution is 2.45. The predicted octanol–water partition coefficient (Wildman–Crippen LogP) is 9.68. The molecule has 0 amide bonds. The summed E-state index contributed by atoms with van der Waals surface area (Å²) in [4.78, 5) is 0. The van der Waals surface area contributed by atoms with E-state index in [1.165, 1.54) is 88.2 Å². The molecule has 178 valence electrons. The number of aryl methyl sites for hydroxylation is 1. The van der Waals surface area contributed by atoms with Gasteiger partial charge in [0, 0.05) is 0 Å². The second kappa shape index (κ2) is 10.3. The van der Waals surface area contributed by atoms with Crippen LogP contribution < -0.4 is 0 Å². The fourth-order valence-electron chi connectivity index (χ4n) is 7.34. The van der Waals surface area contributed by atoms with E-state index in [0.29, 0.717) is 11.8 Å². The van der Waals surface area contributed by atoms with E-state index in [9.17, 15) is 4.39 Å². The van der Waals surface area contributed by atoms with Crippen LogP contribution in [0.4, 0.5) is 4.39 Å². The molecule has 2 aromatic carbocycles. The van der Waals surface area contributed by atoms with E-state index >= 15 is 0 Å². The van der Waals surface area contributed by atoms with Crippen LogP contribution in [0.5, 0.6) is 0 Å². The highest BCUT2D eigenvalue weighted by molar-refractivity contribution is 5.30. The lowest BCUT2D eigenvalue weighted by molar-refractivity contribution is 0.165. The molecule has 0 radical (unpaired) electrons. The topological polar surface area (TPSA) is 0 Å². The molecular weight excluding hydrogens is 403 g/mol. The molecule has 2 aromatic rings. The third kappa shape index (κ3) is 5.39. The maximum Gasteiger partial charge on any atom is 0.126 e. The number of hydrogen-bond donors (Lipinski definition) is 0. The lowest BCUT2D eigenvalue weighted by Gasteiger charge is -2.37. The van der Waals surface area contributed by atoms with Crippen LogP contribution in [0, 0.1) is 30.5 Å². The number of rotatable bonds is 4. The zero-order valence-electron chi connectivity index (χ0n) is 20.9. The molecule has 3 aliphatic rings. The van der Waals surface area contributed by atoms with Gasteiger partial charge in [-0.05, 0) is 135 Å². The van der Waals surface area contributed by atoms with Crippen LogP contribution in [0.25, 0.3) is 0 Å². The molecule has 0 aliphatic heterocycles. The van der Waals surface area contributed by atoms with Gasteiger partial charge in [-0.3, -0.25) is 0 Å². The van der Waals surface area contributed by atoms with Crippen molar-refractivity contribution >= 4 is 0 Å².